The molecule has 7 rings (SSSR count). The molecule has 1 aromatic rings. The van der Waals surface area contributed by atoms with E-state index in [-0.39, 0.29) is 29.8 Å². The summed E-state index contributed by atoms with van der Waals surface area (Å²) in [5.41, 5.74) is 0. The molecule has 0 spiro atoms. The minimum Gasteiger partial charge on any atom is -0.473 e. The highest BCUT2D eigenvalue weighted by Crippen LogP contribution is 2.54. The first-order valence-corrected chi connectivity index (χ1v) is 16.9. The minimum atomic E-state index is -3.25. The summed E-state index contributed by atoms with van der Waals surface area (Å²) in [5.74, 6) is 3.41. The molecule has 0 radical (unpaired) electrons. The Kier molecular flexibility index (Phi) is 7.50. The van der Waals surface area contributed by atoms with Crippen molar-refractivity contribution in [1.29, 1.82) is 0 Å². The van der Waals surface area contributed by atoms with E-state index in [0.29, 0.717) is 42.5 Å². The van der Waals surface area contributed by atoms with Crippen LogP contribution >= 0.6 is 11.8 Å². The number of amides is 1. The van der Waals surface area contributed by atoms with Crippen LogP contribution in [0.15, 0.2) is 9.42 Å². The van der Waals surface area contributed by atoms with Gasteiger partial charge in [0.25, 0.3) is 11.8 Å². The summed E-state index contributed by atoms with van der Waals surface area (Å²) in [6, 6.07) is 0.0809. The van der Waals surface area contributed by atoms with Crippen molar-refractivity contribution in [3.63, 3.8) is 0 Å². The monoisotopic (exact) mass is 552 g/mol. The highest BCUT2D eigenvalue weighted by molar-refractivity contribution is 8.00. The van der Waals surface area contributed by atoms with E-state index < -0.39 is 10.0 Å². The van der Waals surface area contributed by atoms with Crippen LogP contribution in [-0.2, 0) is 10.0 Å². The first-order valence-electron chi connectivity index (χ1n) is 14.1. The highest BCUT2D eigenvalue weighted by Gasteiger charge is 2.49. The first kappa shape index (κ1) is 26.0. The SMILES string of the molecule is CS(=O)(=O)N[C@@H]1CN[C@H](COc2noc(C(=O)NC3C4CC5CC(C4)CC3C5)c2SC2CCCCC2)C1. The Hall–Kier alpha value is -1.30. The highest BCUT2D eigenvalue weighted by atomic mass is 32.2. The van der Waals surface area contributed by atoms with E-state index >= 15 is 0 Å². The summed E-state index contributed by atoms with van der Waals surface area (Å²) in [6.07, 6.45) is 14.1. The van der Waals surface area contributed by atoms with Crippen LogP contribution in [0.4, 0.5) is 0 Å². The van der Waals surface area contributed by atoms with Gasteiger partial charge in [-0.2, -0.15) is 0 Å². The molecule has 1 aliphatic heterocycles. The Morgan fingerprint density at radius 1 is 1.08 bits per heavy atom. The van der Waals surface area contributed by atoms with E-state index in [2.05, 4.69) is 20.5 Å². The van der Waals surface area contributed by atoms with Gasteiger partial charge in [0.1, 0.15) is 11.5 Å². The van der Waals surface area contributed by atoms with Gasteiger partial charge in [-0.1, -0.05) is 19.3 Å². The Labute approximate surface area is 224 Å². The fraction of sp³-hybridized carbons (Fsp3) is 0.846. The minimum absolute atomic E-state index is 0.00574. The van der Waals surface area contributed by atoms with Gasteiger partial charge in [-0.15, -0.1) is 11.8 Å². The summed E-state index contributed by atoms with van der Waals surface area (Å²) < 4.78 is 37.6. The smallest absolute Gasteiger partial charge is 0.291 e. The molecule has 11 heteroatoms. The number of nitrogens with zero attached hydrogens (tertiary/aromatic N) is 1. The first-order chi connectivity index (χ1) is 17.8. The largest absolute Gasteiger partial charge is 0.473 e. The van der Waals surface area contributed by atoms with Crippen molar-refractivity contribution in [2.45, 2.75) is 98.9 Å². The maximum absolute atomic E-state index is 13.6. The summed E-state index contributed by atoms with van der Waals surface area (Å²) in [7, 11) is -3.25. The molecule has 1 amide bonds. The molecule has 3 N–H and O–H groups in total. The standard InChI is InChI=1S/C26H40N4O5S2/c1-37(32,33)30-19-12-20(27-13-19)14-34-26-24(36-21-5-3-2-4-6-21)23(35-29-26)25(31)28-22-17-8-15-7-16(10-17)11-18(22)9-15/h15-22,27,30H,2-14H2,1H3,(H,28,31)/t15?,16?,17?,18?,19-,20-,22?/m0/s1. The van der Waals surface area contributed by atoms with Gasteiger partial charge in [0.15, 0.2) is 0 Å². The molecule has 0 unspecified atom stereocenters. The number of sulfonamides is 1. The third kappa shape index (κ3) is 5.99. The summed E-state index contributed by atoms with van der Waals surface area (Å²) in [4.78, 5) is 14.3. The van der Waals surface area contributed by atoms with Crippen molar-refractivity contribution in [1.82, 2.24) is 20.5 Å². The maximum Gasteiger partial charge on any atom is 0.291 e. The van der Waals surface area contributed by atoms with Crippen LogP contribution in [0.1, 0.15) is 81.2 Å². The second-order valence-corrected chi connectivity index (χ2v) is 15.3. The van der Waals surface area contributed by atoms with Crippen molar-refractivity contribution >= 4 is 27.7 Å². The zero-order valence-electron chi connectivity index (χ0n) is 21.6. The van der Waals surface area contributed by atoms with Crippen LogP contribution in [0.3, 0.4) is 0 Å². The maximum atomic E-state index is 13.6. The number of carbonyl (C=O) groups excluding carboxylic acids is 1. The van der Waals surface area contributed by atoms with Crippen LogP contribution < -0.4 is 20.1 Å². The number of rotatable bonds is 9. The Morgan fingerprint density at radius 3 is 2.46 bits per heavy atom. The van der Waals surface area contributed by atoms with Gasteiger partial charge in [0.05, 0.1) is 6.26 Å². The predicted octanol–water partition coefficient (Wildman–Crippen LogP) is 3.31. The lowest BCUT2D eigenvalue weighted by molar-refractivity contribution is -0.0124. The molecule has 5 saturated carbocycles. The third-order valence-corrected chi connectivity index (χ3v) is 11.4. The van der Waals surface area contributed by atoms with E-state index in [1.54, 1.807) is 11.8 Å². The lowest BCUT2D eigenvalue weighted by Crippen LogP contribution is -2.55. The molecule has 6 fully saturated rings. The fourth-order valence-corrected chi connectivity index (χ4v) is 9.97. The van der Waals surface area contributed by atoms with Gasteiger partial charge in [-0.3, -0.25) is 4.79 Å². The Morgan fingerprint density at radius 2 is 1.78 bits per heavy atom. The molecular formula is C26H40N4O5S2. The average Bonchev–Trinajstić information content (AvgIpc) is 3.45. The lowest BCUT2D eigenvalue weighted by Gasteiger charge is -2.54. The summed E-state index contributed by atoms with van der Waals surface area (Å²) in [5, 5.41) is 11.3. The van der Waals surface area contributed by atoms with E-state index in [4.69, 9.17) is 9.26 Å². The zero-order valence-corrected chi connectivity index (χ0v) is 23.2. The molecule has 4 bridgehead atoms. The van der Waals surface area contributed by atoms with Crippen LogP contribution in [-0.4, -0.2) is 62.3 Å². The van der Waals surface area contributed by atoms with Gasteiger partial charge in [0.2, 0.25) is 15.8 Å². The predicted molar refractivity (Wildman–Crippen MR) is 141 cm³/mol. The molecule has 5 aliphatic carbocycles. The Balaban J connectivity index is 1.14. The number of ether oxygens (including phenoxy) is 1. The number of hydrogen-bond acceptors (Lipinski definition) is 8. The van der Waals surface area contributed by atoms with Crippen LogP contribution in [0.2, 0.25) is 0 Å². The second kappa shape index (κ2) is 10.7. The molecule has 206 valence electrons. The van der Waals surface area contributed by atoms with Crippen molar-refractivity contribution in [3.8, 4) is 5.88 Å². The molecular weight excluding hydrogens is 512 g/mol. The van der Waals surface area contributed by atoms with Crippen LogP contribution in [0.5, 0.6) is 5.88 Å². The van der Waals surface area contributed by atoms with E-state index in [1.165, 1.54) is 57.6 Å². The molecule has 2 heterocycles. The summed E-state index contributed by atoms with van der Waals surface area (Å²) >= 11 is 1.68. The Bertz CT molecular complexity index is 1060. The molecule has 37 heavy (non-hydrogen) atoms. The van der Waals surface area contributed by atoms with Crippen molar-refractivity contribution in [2.75, 3.05) is 19.4 Å². The van der Waals surface area contributed by atoms with Crippen molar-refractivity contribution in [2.24, 2.45) is 23.7 Å². The van der Waals surface area contributed by atoms with Gasteiger partial charge in [-0.25, -0.2) is 13.1 Å². The van der Waals surface area contributed by atoms with Gasteiger partial charge in [0, 0.05) is 29.9 Å². The molecule has 1 aromatic heterocycles. The van der Waals surface area contributed by atoms with Crippen molar-refractivity contribution in [3.05, 3.63) is 5.76 Å². The van der Waals surface area contributed by atoms with Gasteiger partial charge in [-0.05, 0) is 80.2 Å². The normalized spacial score (nSPS) is 35.6. The molecule has 9 nitrogen and oxygen atoms in total. The molecule has 6 aliphatic rings. The zero-order chi connectivity index (χ0) is 25.6. The van der Waals surface area contributed by atoms with E-state index in [1.807, 2.05) is 0 Å². The van der Waals surface area contributed by atoms with E-state index in [9.17, 15) is 13.2 Å². The van der Waals surface area contributed by atoms with E-state index in [0.717, 1.165) is 29.6 Å². The fourth-order valence-electron chi connectivity index (χ4n) is 7.85. The summed E-state index contributed by atoms with van der Waals surface area (Å²) in [6.45, 7) is 0.895. The topological polar surface area (TPSA) is 123 Å². The number of aromatic nitrogens is 1. The second-order valence-electron chi connectivity index (χ2n) is 12.2. The average molecular weight is 553 g/mol. The molecule has 1 saturated heterocycles. The van der Waals surface area contributed by atoms with Crippen molar-refractivity contribution < 1.29 is 22.5 Å². The quantitative estimate of drug-likeness (QED) is 0.427. The van der Waals surface area contributed by atoms with Crippen LogP contribution in [0.25, 0.3) is 0 Å². The number of carbonyl (C=O) groups is 1. The molecule has 0 aromatic carbocycles. The third-order valence-electron chi connectivity index (χ3n) is 9.21. The lowest BCUT2D eigenvalue weighted by atomic mass is 9.54. The molecule has 2 atom stereocenters. The number of nitrogens with one attached hydrogen (secondary N) is 3. The number of thioether (sulfide) groups is 1. The van der Waals surface area contributed by atoms with Crippen LogP contribution in [0, 0.1) is 23.7 Å². The van der Waals surface area contributed by atoms with Gasteiger partial charge < -0.3 is 19.9 Å². The number of hydrogen-bond donors (Lipinski definition) is 3. The van der Waals surface area contributed by atoms with Gasteiger partial charge >= 0.3 is 0 Å².